The predicted octanol–water partition coefficient (Wildman–Crippen LogP) is 1.22. The maximum absolute atomic E-state index is 11.4. The smallest absolute Gasteiger partial charge is 0.321 e. The summed E-state index contributed by atoms with van der Waals surface area (Å²) >= 11 is 1.41. The molecule has 0 aromatic rings. The number of carbonyl (C=O) groups is 2. The van der Waals surface area contributed by atoms with E-state index in [0.717, 1.165) is 6.42 Å². The molecule has 0 heterocycles. The number of rotatable bonds is 8. The van der Waals surface area contributed by atoms with E-state index in [2.05, 4.69) is 24.5 Å². The zero-order valence-corrected chi connectivity index (χ0v) is 12.2. The molecular formula is C12H24N2O3S. The third kappa shape index (κ3) is 10.4. The number of urea groups is 1. The normalized spacial score (nSPS) is 12.3. The van der Waals surface area contributed by atoms with Crippen LogP contribution in [-0.4, -0.2) is 41.7 Å². The van der Waals surface area contributed by atoms with Gasteiger partial charge < -0.3 is 10.4 Å². The van der Waals surface area contributed by atoms with Gasteiger partial charge >= 0.3 is 6.03 Å². The molecule has 3 amide bonds. The van der Waals surface area contributed by atoms with Gasteiger partial charge in [-0.15, -0.1) is 0 Å². The second kappa shape index (κ2) is 10.2. The fraction of sp³-hybridized carbons (Fsp3) is 0.833. The first kappa shape index (κ1) is 17.2. The fourth-order valence-corrected chi connectivity index (χ4v) is 1.97. The lowest BCUT2D eigenvalue weighted by atomic mass is 10.1. The van der Waals surface area contributed by atoms with Crippen molar-refractivity contribution in [2.24, 2.45) is 11.8 Å². The van der Waals surface area contributed by atoms with E-state index < -0.39 is 6.03 Å². The molecule has 106 valence electrons. The van der Waals surface area contributed by atoms with E-state index in [1.807, 2.05) is 6.92 Å². The Bertz CT molecular complexity index is 260. The van der Waals surface area contributed by atoms with Gasteiger partial charge in [-0.25, -0.2) is 4.79 Å². The molecule has 0 saturated heterocycles. The standard InChI is InChI=1S/C12H24N2O3S/c1-9(2)4-5-13-12(17)14-11(16)8-18-7-10(3)6-15/h9-10,15H,4-8H2,1-3H3,(H2,13,14,16,17). The summed E-state index contributed by atoms with van der Waals surface area (Å²) in [7, 11) is 0. The molecule has 1 atom stereocenters. The van der Waals surface area contributed by atoms with Gasteiger partial charge in [0.2, 0.25) is 5.91 Å². The van der Waals surface area contributed by atoms with Crippen molar-refractivity contribution in [3.8, 4) is 0 Å². The SMILES string of the molecule is CC(C)CCNC(=O)NC(=O)CSCC(C)CO. The Hall–Kier alpha value is -0.750. The number of amides is 3. The van der Waals surface area contributed by atoms with Crippen LogP contribution < -0.4 is 10.6 Å². The Morgan fingerprint density at radius 1 is 1.28 bits per heavy atom. The van der Waals surface area contributed by atoms with Gasteiger partial charge in [0.05, 0.1) is 5.75 Å². The van der Waals surface area contributed by atoms with Crippen LogP contribution >= 0.6 is 11.8 Å². The fourth-order valence-electron chi connectivity index (χ4n) is 1.09. The number of hydrogen-bond donors (Lipinski definition) is 3. The summed E-state index contributed by atoms with van der Waals surface area (Å²) in [5.41, 5.74) is 0. The van der Waals surface area contributed by atoms with Crippen molar-refractivity contribution in [3.05, 3.63) is 0 Å². The van der Waals surface area contributed by atoms with Crippen LogP contribution in [0.2, 0.25) is 0 Å². The lowest BCUT2D eigenvalue weighted by Crippen LogP contribution is -2.41. The summed E-state index contributed by atoms with van der Waals surface area (Å²) in [6.45, 7) is 6.74. The van der Waals surface area contributed by atoms with E-state index in [1.165, 1.54) is 11.8 Å². The second-order valence-electron chi connectivity index (χ2n) is 4.79. The number of imide groups is 1. The van der Waals surface area contributed by atoms with Gasteiger partial charge in [0.25, 0.3) is 0 Å². The van der Waals surface area contributed by atoms with Crippen molar-refractivity contribution in [3.63, 3.8) is 0 Å². The molecule has 0 rings (SSSR count). The molecule has 5 nitrogen and oxygen atoms in total. The van der Waals surface area contributed by atoms with Gasteiger partial charge in [0.1, 0.15) is 0 Å². The highest BCUT2D eigenvalue weighted by Gasteiger charge is 2.08. The highest BCUT2D eigenvalue weighted by Crippen LogP contribution is 2.06. The van der Waals surface area contributed by atoms with Crippen molar-refractivity contribution < 1.29 is 14.7 Å². The van der Waals surface area contributed by atoms with Crippen LogP contribution in [0, 0.1) is 11.8 Å². The van der Waals surface area contributed by atoms with E-state index >= 15 is 0 Å². The zero-order valence-electron chi connectivity index (χ0n) is 11.4. The largest absolute Gasteiger partial charge is 0.396 e. The number of aliphatic hydroxyl groups is 1. The molecule has 0 aromatic heterocycles. The number of nitrogens with one attached hydrogen (secondary N) is 2. The number of thioether (sulfide) groups is 1. The molecule has 0 aliphatic rings. The first-order valence-corrected chi connectivity index (χ1v) is 7.37. The molecule has 0 aromatic carbocycles. The van der Waals surface area contributed by atoms with Crippen molar-refractivity contribution >= 4 is 23.7 Å². The Morgan fingerprint density at radius 2 is 1.94 bits per heavy atom. The van der Waals surface area contributed by atoms with Crippen molar-refractivity contribution in [1.29, 1.82) is 0 Å². The highest BCUT2D eigenvalue weighted by molar-refractivity contribution is 7.99. The van der Waals surface area contributed by atoms with E-state index in [1.54, 1.807) is 0 Å². The van der Waals surface area contributed by atoms with E-state index in [0.29, 0.717) is 18.2 Å². The van der Waals surface area contributed by atoms with Crippen LogP contribution in [0.5, 0.6) is 0 Å². The van der Waals surface area contributed by atoms with Gasteiger partial charge in [-0.1, -0.05) is 20.8 Å². The van der Waals surface area contributed by atoms with Crippen molar-refractivity contribution in [2.45, 2.75) is 27.2 Å². The number of carbonyl (C=O) groups excluding carboxylic acids is 2. The molecule has 0 aliphatic carbocycles. The first-order valence-electron chi connectivity index (χ1n) is 6.22. The molecule has 18 heavy (non-hydrogen) atoms. The topological polar surface area (TPSA) is 78.4 Å². The number of aliphatic hydroxyl groups excluding tert-OH is 1. The van der Waals surface area contributed by atoms with Crippen molar-refractivity contribution in [2.75, 3.05) is 24.7 Å². The molecule has 3 N–H and O–H groups in total. The first-order chi connectivity index (χ1) is 8.45. The molecule has 1 unspecified atom stereocenters. The minimum Gasteiger partial charge on any atom is -0.396 e. The molecule has 6 heteroatoms. The highest BCUT2D eigenvalue weighted by atomic mass is 32.2. The average Bonchev–Trinajstić information content (AvgIpc) is 2.28. The monoisotopic (exact) mass is 276 g/mol. The molecular weight excluding hydrogens is 252 g/mol. The summed E-state index contributed by atoms with van der Waals surface area (Å²) in [4.78, 5) is 22.7. The maximum atomic E-state index is 11.4. The summed E-state index contributed by atoms with van der Waals surface area (Å²) in [5.74, 6) is 1.34. The second-order valence-corrected chi connectivity index (χ2v) is 5.82. The quantitative estimate of drug-likeness (QED) is 0.623. The number of hydrogen-bond acceptors (Lipinski definition) is 4. The van der Waals surface area contributed by atoms with Gasteiger partial charge in [-0.05, 0) is 24.0 Å². The van der Waals surface area contributed by atoms with Crippen LogP contribution in [0.4, 0.5) is 4.79 Å². The van der Waals surface area contributed by atoms with Gasteiger partial charge in [-0.2, -0.15) is 11.8 Å². The summed E-state index contributed by atoms with van der Waals surface area (Å²) in [6, 6.07) is -0.434. The van der Waals surface area contributed by atoms with E-state index in [-0.39, 0.29) is 24.2 Å². The minimum absolute atomic E-state index is 0.115. The van der Waals surface area contributed by atoms with Gasteiger partial charge in [0, 0.05) is 13.2 Å². The molecule has 0 fully saturated rings. The molecule has 0 radical (unpaired) electrons. The Kier molecular flexibility index (Phi) is 9.77. The molecule has 0 saturated carbocycles. The third-order valence-electron chi connectivity index (χ3n) is 2.21. The van der Waals surface area contributed by atoms with Crippen LogP contribution in [0.25, 0.3) is 0 Å². The Morgan fingerprint density at radius 3 is 2.50 bits per heavy atom. The van der Waals surface area contributed by atoms with Crippen molar-refractivity contribution in [1.82, 2.24) is 10.6 Å². The van der Waals surface area contributed by atoms with Gasteiger partial charge in [0.15, 0.2) is 0 Å². The summed E-state index contributed by atoms with van der Waals surface area (Å²) in [5, 5.41) is 13.7. The minimum atomic E-state index is -0.434. The van der Waals surface area contributed by atoms with Gasteiger partial charge in [-0.3, -0.25) is 10.1 Å². The van der Waals surface area contributed by atoms with Crippen LogP contribution in [0.3, 0.4) is 0 Å². The summed E-state index contributed by atoms with van der Waals surface area (Å²) < 4.78 is 0. The van der Waals surface area contributed by atoms with Crippen LogP contribution in [0.15, 0.2) is 0 Å². The lowest BCUT2D eigenvalue weighted by molar-refractivity contribution is -0.117. The maximum Gasteiger partial charge on any atom is 0.321 e. The molecule has 0 bridgehead atoms. The summed E-state index contributed by atoms with van der Waals surface area (Å²) in [6.07, 6.45) is 0.893. The zero-order chi connectivity index (χ0) is 14.0. The average molecular weight is 276 g/mol. The van der Waals surface area contributed by atoms with E-state index in [9.17, 15) is 9.59 Å². The van der Waals surface area contributed by atoms with Crippen LogP contribution in [0.1, 0.15) is 27.2 Å². The molecule has 0 aliphatic heterocycles. The van der Waals surface area contributed by atoms with Crippen LogP contribution in [-0.2, 0) is 4.79 Å². The van der Waals surface area contributed by atoms with E-state index in [4.69, 9.17) is 5.11 Å². The Labute approximate surface area is 113 Å². The third-order valence-corrected chi connectivity index (χ3v) is 3.48. The molecule has 0 spiro atoms. The lowest BCUT2D eigenvalue weighted by Gasteiger charge is -2.09. The predicted molar refractivity (Wildman–Crippen MR) is 74.6 cm³/mol. The Balaban J connectivity index is 3.58.